The van der Waals surface area contributed by atoms with Crippen LogP contribution in [0.2, 0.25) is 0 Å². The fourth-order valence-corrected chi connectivity index (χ4v) is 1.83. The monoisotopic (exact) mass is 171 g/mol. The Balaban J connectivity index is 2.41. The third-order valence-electron chi connectivity index (χ3n) is 2.52. The average Bonchev–Trinajstić information content (AvgIpc) is 2.04. The molecule has 0 heterocycles. The molecule has 70 valence electrons. The normalized spacial score (nSPS) is 29.8. The zero-order chi connectivity index (χ0) is 8.97. The lowest BCUT2D eigenvalue weighted by molar-refractivity contribution is -0.252. The maximum Gasteiger partial charge on any atom is 0.134 e. The Hall–Kier alpha value is -0.770. The van der Waals surface area contributed by atoms with Crippen molar-refractivity contribution in [3.8, 4) is 0 Å². The first-order valence-corrected chi connectivity index (χ1v) is 4.41. The van der Waals surface area contributed by atoms with Gasteiger partial charge in [0.05, 0.1) is 0 Å². The molecule has 1 amide bonds. The minimum Gasteiger partial charge on any atom is -0.530 e. The van der Waals surface area contributed by atoms with Crippen LogP contribution >= 0.6 is 0 Å². The molecule has 0 saturated heterocycles. The second-order valence-electron chi connectivity index (χ2n) is 3.32. The van der Waals surface area contributed by atoms with Crippen LogP contribution in [0.1, 0.15) is 25.7 Å². The zero-order valence-electron chi connectivity index (χ0n) is 7.08. The third kappa shape index (κ3) is 2.37. The van der Waals surface area contributed by atoms with Crippen LogP contribution in [-0.2, 0) is 0 Å². The van der Waals surface area contributed by atoms with E-state index in [1.165, 1.54) is 0 Å². The number of carbonyl (C=O) groups is 1. The van der Waals surface area contributed by atoms with Crippen molar-refractivity contribution >= 4 is 6.09 Å². The van der Waals surface area contributed by atoms with Gasteiger partial charge in [0.2, 0.25) is 0 Å². The molecule has 0 aromatic carbocycles. The highest BCUT2D eigenvalue weighted by Gasteiger charge is 2.23. The fourth-order valence-electron chi connectivity index (χ4n) is 1.83. The van der Waals surface area contributed by atoms with Gasteiger partial charge in [0.1, 0.15) is 6.09 Å². The van der Waals surface area contributed by atoms with Gasteiger partial charge in [-0.3, -0.25) is 0 Å². The second-order valence-corrected chi connectivity index (χ2v) is 3.32. The molecule has 1 aliphatic carbocycles. The molecule has 1 fully saturated rings. The van der Waals surface area contributed by atoms with Gasteiger partial charge in [-0.25, -0.2) is 0 Å². The molecule has 0 aromatic heterocycles. The third-order valence-corrected chi connectivity index (χ3v) is 2.52. The largest absolute Gasteiger partial charge is 0.530 e. The van der Waals surface area contributed by atoms with E-state index in [1.807, 2.05) is 0 Å². The first-order chi connectivity index (χ1) is 5.74. The van der Waals surface area contributed by atoms with E-state index in [1.54, 1.807) is 0 Å². The average molecular weight is 171 g/mol. The van der Waals surface area contributed by atoms with E-state index in [4.69, 9.17) is 5.73 Å². The first-order valence-electron chi connectivity index (χ1n) is 4.41. The predicted octanol–water partition coefficient (Wildman–Crippen LogP) is -0.563. The Morgan fingerprint density at radius 2 is 2.17 bits per heavy atom. The Bertz CT molecular complexity index is 161. The molecule has 0 radical (unpaired) electrons. The molecule has 2 unspecified atom stereocenters. The Morgan fingerprint density at radius 1 is 1.50 bits per heavy atom. The van der Waals surface area contributed by atoms with Gasteiger partial charge in [0.25, 0.3) is 0 Å². The molecule has 1 saturated carbocycles. The Morgan fingerprint density at radius 3 is 2.75 bits per heavy atom. The van der Waals surface area contributed by atoms with E-state index < -0.39 is 6.09 Å². The van der Waals surface area contributed by atoms with Gasteiger partial charge in [-0.15, -0.1) is 0 Å². The van der Waals surface area contributed by atoms with Crippen molar-refractivity contribution in [1.82, 2.24) is 5.32 Å². The lowest BCUT2D eigenvalue weighted by Crippen LogP contribution is -2.49. The predicted molar refractivity (Wildman–Crippen MR) is 43.3 cm³/mol. The SMILES string of the molecule is NCC1CCCCC1NC(=O)[O-]. The zero-order valence-corrected chi connectivity index (χ0v) is 7.08. The van der Waals surface area contributed by atoms with Crippen molar-refractivity contribution in [3.63, 3.8) is 0 Å². The molecular formula is C8H15N2O2-. The number of hydrogen-bond acceptors (Lipinski definition) is 3. The number of nitrogens with one attached hydrogen (secondary N) is 1. The maximum absolute atomic E-state index is 10.3. The van der Waals surface area contributed by atoms with Crippen LogP contribution in [-0.4, -0.2) is 18.7 Å². The van der Waals surface area contributed by atoms with Gasteiger partial charge in [0.15, 0.2) is 0 Å². The molecule has 0 bridgehead atoms. The maximum atomic E-state index is 10.3. The molecule has 1 aliphatic rings. The highest BCUT2D eigenvalue weighted by atomic mass is 16.4. The molecule has 0 spiro atoms. The van der Waals surface area contributed by atoms with Gasteiger partial charge in [-0.05, 0) is 25.3 Å². The summed E-state index contributed by atoms with van der Waals surface area (Å²) < 4.78 is 0. The summed E-state index contributed by atoms with van der Waals surface area (Å²) in [5.74, 6) is 0.302. The number of nitrogens with two attached hydrogens (primary N) is 1. The summed E-state index contributed by atoms with van der Waals surface area (Å²) in [6, 6.07) is 0.0220. The van der Waals surface area contributed by atoms with Crippen LogP contribution in [0.15, 0.2) is 0 Å². The van der Waals surface area contributed by atoms with E-state index in [0.29, 0.717) is 12.5 Å². The summed E-state index contributed by atoms with van der Waals surface area (Å²) in [6.07, 6.45) is 2.99. The minimum absolute atomic E-state index is 0.0220. The summed E-state index contributed by atoms with van der Waals surface area (Å²) in [6.45, 7) is 0.560. The first kappa shape index (κ1) is 9.32. The summed E-state index contributed by atoms with van der Waals surface area (Å²) in [4.78, 5) is 10.3. The van der Waals surface area contributed by atoms with Crippen LogP contribution in [0.25, 0.3) is 0 Å². The summed E-state index contributed by atoms with van der Waals surface area (Å²) in [5.41, 5.74) is 5.52. The van der Waals surface area contributed by atoms with E-state index in [0.717, 1.165) is 25.7 Å². The molecule has 2 atom stereocenters. The number of carboxylic acid groups (broad SMARTS) is 1. The van der Waals surface area contributed by atoms with Crippen molar-refractivity contribution in [1.29, 1.82) is 0 Å². The summed E-state index contributed by atoms with van der Waals surface area (Å²) in [5, 5.41) is 12.7. The van der Waals surface area contributed by atoms with Gasteiger partial charge in [0, 0.05) is 6.04 Å². The number of hydrogen-bond donors (Lipinski definition) is 2. The van der Waals surface area contributed by atoms with Gasteiger partial charge < -0.3 is 21.0 Å². The Kier molecular flexibility index (Phi) is 3.34. The topological polar surface area (TPSA) is 78.2 Å². The molecule has 12 heavy (non-hydrogen) atoms. The standard InChI is InChI=1S/C8H16N2O2/c9-5-6-3-1-2-4-7(6)10-8(11)12/h6-7,10H,1-5,9H2,(H,11,12)/p-1. The van der Waals surface area contributed by atoms with Gasteiger partial charge >= 0.3 is 0 Å². The molecule has 4 heteroatoms. The lowest BCUT2D eigenvalue weighted by Gasteiger charge is -2.32. The molecule has 1 rings (SSSR count). The molecule has 4 nitrogen and oxygen atoms in total. The fraction of sp³-hybridized carbons (Fsp3) is 0.875. The summed E-state index contributed by atoms with van der Waals surface area (Å²) >= 11 is 0. The van der Waals surface area contributed by atoms with Crippen LogP contribution in [0.3, 0.4) is 0 Å². The van der Waals surface area contributed by atoms with Crippen molar-refractivity contribution in [2.24, 2.45) is 11.7 Å². The van der Waals surface area contributed by atoms with Gasteiger partial charge in [-0.2, -0.15) is 0 Å². The quantitative estimate of drug-likeness (QED) is 0.584. The Labute approximate surface area is 72.1 Å². The van der Waals surface area contributed by atoms with E-state index >= 15 is 0 Å². The van der Waals surface area contributed by atoms with Crippen molar-refractivity contribution in [3.05, 3.63) is 0 Å². The highest BCUT2D eigenvalue weighted by Crippen LogP contribution is 2.23. The molecule has 3 N–H and O–H groups in total. The van der Waals surface area contributed by atoms with Crippen molar-refractivity contribution in [2.75, 3.05) is 6.54 Å². The van der Waals surface area contributed by atoms with E-state index in [9.17, 15) is 9.90 Å². The minimum atomic E-state index is -1.18. The molecular weight excluding hydrogens is 156 g/mol. The lowest BCUT2D eigenvalue weighted by atomic mass is 9.85. The van der Waals surface area contributed by atoms with Crippen LogP contribution in [0, 0.1) is 5.92 Å². The number of rotatable bonds is 2. The smallest absolute Gasteiger partial charge is 0.134 e. The second kappa shape index (κ2) is 4.30. The van der Waals surface area contributed by atoms with Gasteiger partial charge in [-0.1, -0.05) is 12.8 Å². The molecule has 0 aromatic rings. The van der Waals surface area contributed by atoms with Crippen molar-refractivity contribution in [2.45, 2.75) is 31.7 Å². The van der Waals surface area contributed by atoms with Crippen LogP contribution in [0.4, 0.5) is 4.79 Å². The number of amides is 1. The van der Waals surface area contributed by atoms with Crippen LogP contribution in [0.5, 0.6) is 0 Å². The highest BCUT2D eigenvalue weighted by molar-refractivity contribution is 5.62. The number of carbonyl (C=O) groups excluding carboxylic acids is 1. The summed E-state index contributed by atoms with van der Waals surface area (Å²) in [7, 11) is 0. The van der Waals surface area contributed by atoms with Crippen LogP contribution < -0.4 is 16.2 Å². The van der Waals surface area contributed by atoms with E-state index in [-0.39, 0.29) is 6.04 Å². The van der Waals surface area contributed by atoms with E-state index in [2.05, 4.69) is 5.32 Å². The van der Waals surface area contributed by atoms with Crippen molar-refractivity contribution < 1.29 is 9.90 Å². The molecule has 0 aliphatic heterocycles.